The molecule has 1 amide bonds. The van der Waals surface area contributed by atoms with Crippen LogP contribution in [0, 0.1) is 20.8 Å². The number of hydrogen-bond acceptors (Lipinski definition) is 5. The fourth-order valence-electron chi connectivity index (χ4n) is 4.11. The van der Waals surface area contributed by atoms with E-state index in [2.05, 4.69) is 10.5 Å². The third kappa shape index (κ3) is 3.82. The Hall–Kier alpha value is -2.77. The van der Waals surface area contributed by atoms with Crippen LogP contribution in [0.5, 0.6) is 5.75 Å². The molecular weight excluding hydrogens is 404 g/mol. The highest BCUT2D eigenvalue weighted by molar-refractivity contribution is 5.96. The summed E-state index contributed by atoms with van der Waals surface area (Å²) >= 11 is 0. The summed E-state index contributed by atoms with van der Waals surface area (Å²) < 4.78 is 12.7. The van der Waals surface area contributed by atoms with Gasteiger partial charge in [-0.2, -0.15) is 0 Å². The van der Waals surface area contributed by atoms with Crippen LogP contribution in [-0.4, -0.2) is 47.3 Å². The number of ether oxygens (including phenoxy) is 1. The van der Waals surface area contributed by atoms with Gasteiger partial charge in [0.15, 0.2) is 5.82 Å². The van der Waals surface area contributed by atoms with Crippen LogP contribution in [-0.2, 0) is 0 Å². The van der Waals surface area contributed by atoms with Crippen LogP contribution in [0.4, 0.5) is 0 Å². The summed E-state index contributed by atoms with van der Waals surface area (Å²) in [5.41, 5.74) is 3.50. The van der Waals surface area contributed by atoms with Gasteiger partial charge in [-0.25, -0.2) is 0 Å². The first-order chi connectivity index (χ1) is 14.0. The van der Waals surface area contributed by atoms with E-state index in [0.29, 0.717) is 24.5 Å². The molecule has 160 valence electrons. The lowest BCUT2D eigenvalue weighted by molar-refractivity contribution is 0.0631. The van der Waals surface area contributed by atoms with E-state index in [1.165, 1.54) is 0 Å². The number of nitrogens with one attached hydrogen (secondary N) is 1. The number of halogens is 1. The molecule has 0 saturated carbocycles. The number of nitrogens with zero attached hydrogens (tertiary/aromatic N) is 3. The second kappa shape index (κ2) is 8.93. The molecule has 1 aliphatic rings. The number of methoxy groups -OCH3 is 1. The molecule has 0 spiro atoms. The van der Waals surface area contributed by atoms with E-state index in [4.69, 9.17) is 9.26 Å². The SMILES string of the molecule is COc1ccccc1C1CNCCN1C(=O)c1cc(C)n(-c2cc(C)on2)c1C.Cl. The molecule has 0 aliphatic carbocycles. The average molecular weight is 431 g/mol. The lowest BCUT2D eigenvalue weighted by atomic mass is 10.0. The van der Waals surface area contributed by atoms with Crippen LogP contribution in [0.3, 0.4) is 0 Å². The highest BCUT2D eigenvalue weighted by Crippen LogP contribution is 2.32. The molecule has 1 aromatic carbocycles. The smallest absolute Gasteiger partial charge is 0.256 e. The number of piperazine rings is 1. The highest BCUT2D eigenvalue weighted by Gasteiger charge is 2.32. The summed E-state index contributed by atoms with van der Waals surface area (Å²) in [7, 11) is 1.66. The van der Waals surface area contributed by atoms with Gasteiger partial charge in [0.25, 0.3) is 5.91 Å². The first-order valence-corrected chi connectivity index (χ1v) is 9.78. The molecule has 1 N–H and O–H groups in total. The first-order valence-electron chi connectivity index (χ1n) is 9.78. The molecule has 4 rings (SSSR count). The van der Waals surface area contributed by atoms with Crippen molar-refractivity contribution in [1.29, 1.82) is 0 Å². The third-order valence-corrected chi connectivity index (χ3v) is 5.51. The monoisotopic (exact) mass is 430 g/mol. The standard InChI is InChI=1S/C22H26N4O3.ClH/c1-14-11-18(16(3)26(14)21-12-15(2)29-24-21)22(27)25-10-9-23-13-19(25)17-7-5-6-8-20(17)28-4;/h5-8,11-12,19,23H,9-10,13H2,1-4H3;1H. The van der Waals surface area contributed by atoms with E-state index < -0.39 is 0 Å². The fourth-order valence-corrected chi connectivity index (χ4v) is 4.11. The number of aryl methyl sites for hydroxylation is 2. The van der Waals surface area contributed by atoms with Crippen molar-refractivity contribution in [3.05, 3.63) is 64.7 Å². The minimum Gasteiger partial charge on any atom is -0.496 e. The van der Waals surface area contributed by atoms with Gasteiger partial charge in [-0.1, -0.05) is 23.4 Å². The van der Waals surface area contributed by atoms with Crippen LogP contribution in [0.25, 0.3) is 5.82 Å². The van der Waals surface area contributed by atoms with Gasteiger partial charge in [0.2, 0.25) is 0 Å². The number of carbonyl (C=O) groups excluding carboxylic acids is 1. The lowest BCUT2D eigenvalue weighted by Gasteiger charge is -2.37. The maximum absolute atomic E-state index is 13.6. The Bertz CT molecular complexity index is 1040. The van der Waals surface area contributed by atoms with Gasteiger partial charge in [0, 0.05) is 42.7 Å². The molecule has 0 radical (unpaired) electrons. The van der Waals surface area contributed by atoms with Gasteiger partial charge in [-0.3, -0.25) is 9.36 Å². The maximum atomic E-state index is 13.6. The number of amides is 1. The van der Waals surface area contributed by atoms with Crippen molar-refractivity contribution < 1.29 is 14.1 Å². The topological polar surface area (TPSA) is 72.5 Å². The molecule has 3 heterocycles. The third-order valence-electron chi connectivity index (χ3n) is 5.51. The summed E-state index contributed by atoms with van der Waals surface area (Å²) in [6, 6.07) is 11.6. The molecule has 1 unspecified atom stereocenters. The molecule has 7 nitrogen and oxygen atoms in total. The lowest BCUT2D eigenvalue weighted by Crippen LogP contribution is -2.48. The molecular formula is C22H27ClN4O3. The van der Waals surface area contributed by atoms with E-state index in [1.54, 1.807) is 7.11 Å². The van der Waals surface area contributed by atoms with Gasteiger partial charge in [-0.15, -0.1) is 12.4 Å². The average Bonchev–Trinajstić information content (AvgIpc) is 3.29. The zero-order valence-electron chi connectivity index (χ0n) is 17.6. The Morgan fingerprint density at radius 1 is 1.23 bits per heavy atom. The van der Waals surface area contributed by atoms with Crippen molar-refractivity contribution in [2.24, 2.45) is 0 Å². The predicted molar refractivity (Wildman–Crippen MR) is 117 cm³/mol. The van der Waals surface area contributed by atoms with Crippen molar-refractivity contribution in [3.63, 3.8) is 0 Å². The molecule has 2 aromatic heterocycles. The van der Waals surface area contributed by atoms with Crippen LogP contribution in [0.15, 0.2) is 40.9 Å². The van der Waals surface area contributed by atoms with Crippen LogP contribution >= 0.6 is 12.4 Å². The van der Waals surface area contributed by atoms with Crippen molar-refractivity contribution in [2.45, 2.75) is 26.8 Å². The van der Waals surface area contributed by atoms with Gasteiger partial charge < -0.3 is 19.5 Å². The second-order valence-corrected chi connectivity index (χ2v) is 7.38. The summed E-state index contributed by atoms with van der Waals surface area (Å²) in [6.07, 6.45) is 0. The molecule has 1 saturated heterocycles. The second-order valence-electron chi connectivity index (χ2n) is 7.38. The van der Waals surface area contributed by atoms with Crippen molar-refractivity contribution in [2.75, 3.05) is 26.7 Å². The van der Waals surface area contributed by atoms with Crippen LogP contribution in [0.1, 0.15) is 39.1 Å². The van der Waals surface area contributed by atoms with E-state index in [-0.39, 0.29) is 24.4 Å². The van der Waals surface area contributed by atoms with Gasteiger partial charge in [0.1, 0.15) is 11.5 Å². The van der Waals surface area contributed by atoms with Crippen molar-refractivity contribution in [3.8, 4) is 11.6 Å². The minimum absolute atomic E-state index is 0. The summed E-state index contributed by atoms with van der Waals surface area (Å²) in [5.74, 6) is 2.24. The molecule has 1 atom stereocenters. The maximum Gasteiger partial charge on any atom is 0.256 e. The number of benzene rings is 1. The highest BCUT2D eigenvalue weighted by atomic mass is 35.5. The Labute approximate surface area is 182 Å². The number of rotatable bonds is 4. The molecule has 0 bridgehead atoms. The largest absolute Gasteiger partial charge is 0.496 e. The number of carbonyl (C=O) groups is 1. The van der Waals surface area contributed by atoms with E-state index >= 15 is 0 Å². The molecule has 3 aromatic rings. The van der Waals surface area contributed by atoms with E-state index in [0.717, 1.165) is 35.0 Å². The Morgan fingerprint density at radius 2 is 2.00 bits per heavy atom. The quantitative estimate of drug-likeness (QED) is 0.684. The van der Waals surface area contributed by atoms with E-state index in [9.17, 15) is 4.79 Å². The minimum atomic E-state index is -0.0928. The Kier molecular flexibility index (Phi) is 6.53. The first kappa shape index (κ1) is 21.9. The fraction of sp³-hybridized carbons (Fsp3) is 0.364. The van der Waals surface area contributed by atoms with Crippen molar-refractivity contribution >= 4 is 18.3 Å². The Balaban J connectivity index is 0.00000256. The van der Waals surface area contributed by atoms with Gasteiger partial charge in [-0.05, 0) is 32.9 Å². The van der Waals surface area contributed by atoms with Crippen LogP contribution < -0.4 is 10.1 Å². The van der Waals surface area contributed by atoms with Crippen LogP contribution in [0.2, 0.25) is 0 Å². The zero-order chi connectivity index (χ0) is 20.5. The summed E-state index contributed by atoms with van der Waals surface area (Å²) in [4.78, 5) is 15.5. The number of hydrogen-bond donors (Lipinski definition) is 1. The van der Waals surface area contributed by atoms with Gasteiger partial charge >= 0.3 is 0 Å². The molecule has 30 heavy (non-hydrogen) atoms. The Morgan fingerprint density at radius 3 is 2.70 bits per heavy atom. The molecule has 8 heteroatoms. The molecule has 1 fully saturated rings. The normalized spacial score (nSPS) is 16.3. The zero-order valence-corrected chi connectivity index (χ0v) is 18.5. The molecule has 1 aliphatic heterocycles. The number of aromatic nitrogens is 2. The van der Waals surface area contributed by atoms with Gasteiger partial charge in [0.05, 0.1) is 18.7 Å². The summed E-state index contributed by atoms with van der Waals surface area (Å²) in [6.45, 7) is 7.86. The van der Waals surface area contributed by atoms with E-state index in [1.807, 2.05) is 66.6 Å². The summed E-state index contributed by atoms with van der Waals surface area (Å²) in [5, 5.41) is 7.52. The van der Waals surface area contributed by atoms with Crippen molar-refractivity contribution in [1.82, 2.24) is 19.9 Å². The number of para-hydroxylation sites is 1. The predicted octanol–water partition coefficient (Wildman–Crippen LogP) is 3.61.